The normalized spacial score (nSPS) is 17.2. The predicted molar refractivity (Wildman–Crippen MR) is 106 cm³/mol. The van der Waals surface area contributed by atoms with E-state index in [0.29, 0.717) is 16.4 Å². The van der Waals surface area contributed by atoms with Crippen molar-refractivity contribution in [3.63, 3.8) is 0 Å². The first-order chi connectivity index (χ1) is 12.4. The molecule has 1 atom stereocenters. The molecule has 3 rings (SSSR count). The van der Waals surface area contributed by atoms with Crippen LogP contribution in [0.15, 0.2) is 45.7 Å². The maximum Gasteiger partial charge on any atom is 0.326 e. The van der Waals surface area contributed by atoms with Crippen molar-refractivity contribution in [3.8, 4) is 11.3 Å². The van der Waals surface area contributed by atoms with Gasteiger partial charge >= 0.3 is 5.97 Å². The van der Waals surface area contributed by atoms with E-state index in [1.165, 1.54) is 0 Å². The van der Waals surface area contributed by atoms with Crippen molar-refractivity contribution in [2.75, 3.05) is 0 Å². The van der Waals surface area contributed by atoms with Crippen LogP contribution in [0.25, 0.3) is 17.4 Å². The highest BCUT2D eigenvalue weighted by molar-refractivity contribution is 8.26. The summed E-state index contributed by atoms with van der Waals surface area (Å²) in [5, 5.41) is 9.29. The molecule has 0 unspecified atom stereocenters. The van der Waals surface area contributed by atoms with Crippen LogP contribution in [0.3, 0.4) is 0 Å². The number of hydrogen-bond donors (Lipinski definition) is 1. The maximum absolute atomic E-state index is 12.6. The summed E-state index contributed by atoms with van der Waals surface area (Å²) < 4.78 is 6.06. The third kappa shape index (κ3) is 3.59. The standard InChI is InChI=1S/C19H17NO4S2/c1-3-14(18(22)23)20-17(21)16(26-19(20)25)10-13-8-9-15(24-13)12-6-4-11(2)5-7-12/h4-10,14H,3H2,1-2H3,(H,22,23)/b16-10+/t14-/m0/s1. The fraction of sp³-hybridized carbons (Fsp3) is 0.211. The molecule has 7 heteroatoms. The minimum Gasteiger partial charge on any atom is -0.480 e. The van der Waals surface area contributed by atoms with Crippen molar-refractivity contribution >= 4 is 46.3 Å². The second kappa shape index (κ2) is 7.47. The van der Waals surface area contributed by atoms with Crippen molar-refractivity contribution in [2.24, 2.45) is 0 Å². The van der Waals surface area contributed by atoms with Gasteiger partial charge in [-0.1, -0.05) is 60.7 Å². The number of hydrogen-bond acceptors (Lipinski definition) is 5. The van der Waals surface area contributed by atoms with Gasteiger partial charge in [0.25, 0.3) is 5.91 Å². The Balaban J connectivity index is 1.85. The number of thioether (sulfide) groups is 1. The van der Waals surface area contributed by atoms with Crippen LogP contribution in [0, 0.1) is 6.92 Å². The average molecular weight is 387 g/mol. The Kier molecular flexibility index (Phi) is 5.29. The second-order valence-electron chi connectivity index (χ2n) is 5.88. The van der Waals surface area contributed by atoms with E-state index >= 15 is 0 Å². The van der Waals surface area contributed by atoms with Crippen LogP contribution in [0.5, 0.6) is 0 Å². The molecule has 0 saturated carbocycles. The van der Waals surface area contributed by atoms with Crippen LogP contribution < -0.4 is 0 Å². The van der Waals surface area contributed by atoms with Gasteiger partial charge in [0, 0.05) is 11.6 Å². The zero-order chi connectivity index (χ0) is 18.8. The quantitative estimate of drug-likeness (QED) is 0.609. The molecule has 1 aromatic heterocycles. The molecule has 26 heavy (non-hydrogen) atoms. The Morgan fingerprint density at radius 3 is 2.62 bits per heavy atom. The van der Waals surface area contributed by atoms with Crippen LogP contribution in [0.1, 0.15) is 24.7 Å². The van der Waals surface area contributed by atoms with Crippen LogP contribution >= 0.6 is 24.0 Å². The molecule has 2 aromatic rings. The number of carbonyl (C=O) groups is 2. The molecule has 0 radical (unpaired) electrons. The lowest BCUT2D eigenvalue weighted by Crippen LogP contribution is -2.43. The lowest BCUT2D eigenvalue weighted by atomic mass is 10.1. The van der Waals surface area contributed by atoms with Gasteiger partial charge in [-0.05, 0) is 25.5 Å². The average Bonchev–Trinajstić information content (AvgIpc) is 3.16. The molecule has 1 aliphatic rings. The molecule has 5 nitrogen and oxygen atoms in total. The van der Waals surface area contributed by atoms with E-state index in [-0.39, 0.29) is 10.7 Å². The number of aryl methyl sites for hydroxylation is 1. The number of nitrogens with zero attached hydrogens (tertiary/aromatic N) is 1. The molecule has 1 aromatic carbocycles. The van der Waals surface area contributed by atoms with Crippen LogP contribution in [-0.2, 0) is 9.59 Å². The molecule has 0 spiro atoms. The molecule has 1 N–H and O–H groups in total. The second-order valence-corrected chi connectivity index (χ2v) is 7.56. The summed E-state index contributed by atoms with van der Waals surface area (Å²) >= 11 is 6.29. The summed E-state index contributed by atoms with van der Waals surface area (Å²) in [6, 6.07) is 10.6. The van der Waals surface area contributed by atoms with Gasteiger partial charge in [0.1, 0.15) is 21.9 Å². The summed E-state index contributed by atoms with van der Waals surface area (Å²) in [4.78, 5) is 25.5. The fourth-order valence-corrected chi connectivity index (χ4v) is 3.99. The smallest absolute Gasteiger partial charge is 0.326 e. The number of carboxylic acid groups (broad SMARTS) is 1. The Morgan fingerprint density at radius 1 is 1.31 bits per heavy atom. The van der Waals surface area contributed by atoms with Gasteiger partial charge < -0.3 is 9.52 Å². The summed E-state index contributed by atoms with van der Waals surface area (Å²) in [6.45, 7) is 3.72. The van der Waals surface area contributed by atoms with Crippen LogP contribution in [-0.4, -0.2) is 32.2 Å². The number of benzene rings is 1. The molecule has 0 bridgehead atoms. The molecule has 1 aliphatic heterocycles. The van der Waals surface area contributed by atoms with Gasteiger partial charge in [0.2, 0.25) is 0 Å². The molecular weight excluding hydrogens is 370 g/mol. The zero-order valence-corrected chi connectivity index (χ0v) is 15.9. The predicted octanol–water partition coefficient (Wildman–Crippen LogP) is 4.32. The lowest BCUT2D eigenvalue weighted by Gasteiger charge is -2.21. The van der Waals surface area contributed by atoms with Crippen LogP contribution in [0.2, 0.25) is 0 Å². The highest BCUT2D eigenvalue weighted by Crippen LogP contribution is 2.35. The van der Waals surface area contributed by atoms with Gasteiger partial charge in [0.05, 0.1) is 4.91 Å². The first-order valence-electron chi connectivity index (χ1n) is 8.07. The largest absolute Gasteiger partial charge is 0.480 e. The number of thiocarbonyl (C=S) groups is 1. The molecule has 0 aliphatic carbocycles. The first kappa shape index (κ1) is 18.4. The highest BCUT2D eigenvalue weighted by atomic mass is 32.2. The van der Waals surface area contributed by atoms with Gasteiger partial charge in [-0.25, -0.2) is 4.79 Å². The number of carbonyl (C=O) groups excluding carboxylic acids is 1. The monoisotopic (exact) mass is 387 g/mol. The summed E-state index contributed by atoms with van der Waals surface area (Å²) in [5.41, 5.74) is 2.10. The Bertz CT molecular complexity index is 899. The molecule has 134 valence electrons. The minimum absolute atomic E-state index is 0.251. The highest BCUT2D eigenvalue weighted by Gasteiger charge is 2.39. The topological polar surface area (TPSA) is 70.8 Å². The van der Waals surface area contributed by atoms with Crippen molar-refractivity contribution < 1.29 is 19.1 Å². The van der Waals surface area contributed by atoms with Crippen molar-refractivity contribution in [1.82, 2.24) is 4.90 Å². The molecule has 1 saturated heterocycles. The molecule has 2 heterocycles. The fourth-order valence-electron chi connectivity index (χ4n) is 2.65. The Hall–Kier alpha value is -2.38. The first-order valence-corrected chi connectivity index (χ1v) is 9.30. The van der Waals surface area contributed by atoms with Gasteiger partial charge in [-0.15, -0.1) is 0 Å². The maximum atomic E-state index is 12.6. The molecule has 1 amide bonds. The van der Waals surface area contributed by atoms with E-state index in [2.05, 4.69) is 0 Å². The van der Waals surface area contributed by atoms with E-state index < -0.39 is 17.9 Å². The molecular formula is C19H17NO4S2. The van der Waals surface area contributed by atoms with E-state index in [1.807, 2.05) is 37.3 Å². The Morgan fingerprint density at radius 2 is 2.00 bits per heavy atom. The summed E-state index contributed by atoms with van der Waals surface area (Å²) in [7, 11) is 0. The van der Waals surface area contributed by atoms with E-state index in [9.17, 15) is 14.7 Å². The number of carboxylic acids is 1. The van der Waals surface area contributed by atoms with Crippen LogP contribution in [0.4, 0.5) is 0 Å². The van der Waals surface area contributed by atoms with Gasteiger partial charge in [-0.2, -0.15) is 0 Å². The third-order valence-corrected chi connectivity index (χ3v) is 5.37. The van der Waals surface area contributed by atoms with E-state index in [4.69, 9.17) is 16.6 Å². The molecule has 1 fully saturated rings. The van der Waals surface area contributed by atoms with Gasteiger partial charge in [-0.3, -0.25) is 9.69 Å². The number of furan rings is 1. The van der Waals surface area contributed by atoms with Gasteiger partial charge in [0.15, 0.2) is 0 Å². The number of rotatable bonds is 5. The lowest BCUT2D eigenvalue weighted by molar-refractivity contribution is -0.145. The summed E-state index contributed by atoms with van der Waals surface area (Å²) in [5.74, 6) is -0.250. The van der Waals surface area contributed by atoms with E-state index in [0.717, 1.165) is 27.8 Å². The SMILES string of the molecule is CC[C@@H](C(=O)O)N1C(=O)/C(=C\c2ccc(-c3ccc(C)cc3)o2)SC1=S. The van der Waals surface area contributed by atoms with E-state index in [1.54, 1.807) is 19.1 Å². The Labute approximate surface area is 160 Å². The number of aliphatic carboxylic acids is 1. The van der Waals surface area contributed by atoms with Crippen molar-refractivity contribution in [2.45, 2.75) is 26.3 Å². The zero-order valence-electron chi connectivity index (χ0n) is 14.3. The summed E-state index contributed by atoms with van der Waals surface area (Å²) in [6.07, 6.45) is 1.89. The number of amides is 1. The third-order valence-electron chi connectivity index (χ3n) is 4.04. The minimum atomic E-state index is -1.07. The van der Waals surface area contributed by atoms with Crippen molar-refractivity contribution in [1.29, 1.82) is 0 Å². The van der Waals surface area contributed by atoms with Crippen molar-refractivity contribution in [3.05, 3.63) is 52.6 Å².